The Morgan fingerprint density at radius 3 is 2.77 bits per heavy atom. The van der Waals surface area contributed by atoms with Crippen LogP contribution in [0.15, 0.2) is 30.3 Å². The SMILES string of the molecule is COCCCCc1c(C(=O)N(CC(C)C)CC2CCCNC2)nnn1-c1ccccc1. The maximum atomic E-state index is 13.7. The first kappa shape index (κ1) is 23.4. The number of aromatic nitrogens is 3. The van der Waals surface area contributed by atoms with Gasteiger partial charge in [-0.15, -0.1) is 5.10 Å². The molecular formula is C24H37N5O2. The summed E-state index contributed by atoms with van der Waals surface area (Å²) in [7, 11) is 1.72. The first-order valence-electron chi connectivity index (χ1n) is 11.6. The molecule has 0 aliphatic carbocycles. The van der Waals surface area contributed by atoms with Crippen molar-refractivity contribution in [2.45, 2.75) is 46.0 Å². The van der Waals surface area contributed by atoms with E-state index in [1.807, 2.05) is 39.9 Å². The number of para-hydroxylation sites is 1. The molecule has 1 aliphatic rings. The lowest BCUT2D eigenvalue weighted by Crippen LogP contribution is -2.43. The van der Waals surface area contributed by atoms with Crippen molar-refractivity contribution in [1.29, 1.82) is 0 Å². The molecule has 1 N–H and O–H groups in total. The molecule has 170 valence electrons. The summed E-state index contributed by atoms with van der Waals surface area (Å²) in [5, 5.41) is 12.2. The number of amides is 1. The highest BCUT2D eigenvalue weighted by atomic mass is 16.5. The van der Waals surface area contributed by atoms with E-state index in [1.165, 1.54) is 6.42 Å². The lowest BCUT2D eigenvalue weighted by molar-refractivity contribution is 0.0689. The highest BCUT2D eigenvalue weighted by Gasteiger charge is 2.28. The molecule has 1 aliphatic heterocycles. The summed E-state index contributed by atoms with van der Waals surface area (Å²) in [6.07, 6.45) is 4.93. The third-order valence-electron chi connectivity index (χ3n) is 5.73. The normalized spacial score (nSPS) is 16.6. The average Bonchev–Trinajstić information content (AvgIpc) is 3.20. The quantitative estimate of drug-likeness (QED) is 0.557. The fraction of sp³-hybridized carbons (Fsp3) is 0.625. The van der Waals surface area contributed by atoms with E-state index in [4.69, 9.17) is 4.74 Å². The second-order valence-electron chi connectivity index (χ2n) is 8.90. The number of rotatable bonds is 11. The molecule has 2 aromatic rings. The smallest absolute Gasteiger partial charge is 0.276 e. The van der Waals surface area contributed by atoms with Gasteiger partial charge >= 0.3 is 0 Å². The zero-order valence-corrected chi connectivity index (χ0v) is 19.2. The lowest BCUT2D eigenvalue weighted by atomic mass is 9.98. The molecule has 0 spiro atoms. The Kier molecular flexibility index (Phi) is 9.03. The Morgan fingerprint density at radius 2 is 2.10 bits per heavy atom. The number of carbonyl (C=O) groups excluding carboxylic acids is 1. The average molecular weight is 428 g/mol. The molecule has 1 aromatic heterocycles. The van der Waals surface area contributed by atoms with Crippen molar-refractivity contribution in [1.82, 2.24) is 25.2 Å². The van der Waals surface area contributed by atoms with Gasteiger partial charge in [0.1, 0.15) is 0 Å². The summed E-state index contributed by atoms with van der Waals surface area (Å²) >= 11 is 0. The fourth-order valence-corrected chi connectivity index (χ4v) is 4.23. The van der Waals surface area contributed by atoms with E-state index in [1.54, 1.807) is 7.11 Å². The molecule has 1 fully saturated rings. The van der Waals surface area contributed by atoms with Crippen LogP contribution in [0.25, 0.3) is 5.69 Å². The predicted octanol–water partition coefficient (Wildman–Crippen LogP) is 3.33. The number of hydrogen-bond donors (Lipinski definition) is 1. The largest absolute Gasteiger partial charge is 0.385 e. The van der Waals surface area contributed by atoms with Gasteiger partial charge in [0.15, 0.2) is 5.69 Å². The minimum Gasteiger partial charge on any atom is -0.385 e. The molecule has 7 nitrogen and oxygen atoms in total. The van der Waals surface area contributed by atoms with E-state index in [0.29, 0.717) is 24.1 Å². The molecule has 3 rings (SSSR count). The van der Waals surface area contributed by atoms with Crippen LogP contribution in [0.4, 0.5) is 0 Å². The van der Waals surface area contributed by atoms with Gasteiger partial charge in [0.25, 0.3) is 5.91 Å². The van der Waals surface area contributed by atoms with E-state index >= 15 is 0 Å². The third kappa shape index (κ3) is 6.61. The third-order valence-corrected chi connectivity index (χ3v) is 5.73. The molecule has 2 heterocycles. The minimum absolute atomic E-state index is 0.00296. The van der Waals surface area contributed by atoms with Crippen LogP contribution in [0.5, 0.6) is 0 Å². The number of nitrogens with zero attached hydrogens (tertiary/aromatic N) is 4. The number of benzene rings is 1. The van der Waals surface area contributed by atoms with Crippen molar-refractivity contribution in [2.75, 3.05) is 39.9 Å². The number of hydrogen-bond acceptors (Lipinski definition) is 5. The molecule has 1 atom stereocenters. The van der Waals surface area contributed by atoms with Crippen molar-refractivity contribution in [3.05, 3.63) is 41.7 Å². The van der Waals surface area contributed by atoms with Gasteiger partial charge in [0, 0.05) is 26.8 Å². The molecule has 1 saturated heterocycles. The van der Waals surface area contributed by atoms with E-state index in [0.717, 1.165) is 63.2 Å². The number of carbonyl (C=O) groups is 1. The Hall–Kier alpha value is -2.25. The van der Waals surface area contributed by atoms with E-state index in [-0.39, 0.29) is 5.91 Å². The number of methoxy groups -OCH3 is 1. The van der Waals surface area contributed by atoms with Gasteiger partial charge in [0.2, 0.25) is 0 Å². The maximum Gasteiger partial charge on any atom is 0.276 e. The van der Waals surface area contributed by atoms with Crippen LogP contribution >= 0.6 is 0 Å². The summed E-state index contributed by atoms with van der Waals surface area (Å²) in [6, 6.07) is 9.94. The van der Waals surface area contributed by atoms with Crippen LogP contribution < -0.4 is 5.32 Å². The van der Waals surface area contributed by atoms with Gasteiger partial charge in [-0.2, -0.15) is 0 Å². The van der Waals surface area contributed by atoms with Crippen molar-refractivity contribution >= 4 is 5.91 Å². The van der Waals surface area contributed by atoms with E-state index in [9.17, 15) is 4.79 Å². The Morgan fingerprint density at radius 1 is 1.29 bits per heavy atom. The van der Waals surface area contributed by atoms with Crippen LogP contribution in [-0.4, -0.2) is 65.7 Å². The zero-order valence-electron chi connectivity index (χ0n) is 19.2. The van der Waals surface area contributed by atoms with E-state index < -0.39 is 0 Å². The lowest BCUT2D eigenvalue weighted by Gasteiger charge is -2.31. The fourth-order valence-electron chi connectivity index (χ4n) is 4.23. The predicted molar refractivity (Wildman–Crippen MR) is 123 cm³/mol. The summed E-state index contributed by atoms with van der Waals surface area (Å²) in [5.41, 5.74) is 2.32. The van der Waals surface area contributed by atoms with Gasteiger partial charge in [-0.1, -0.05) is 37.3 Å². The monoisotopic (exact) mass is 427 g/mol. The Labute approximate surface area is 186 Å². The first-order chi connectivity index (χ1) is 15.1. The summed E-state index contributed by atoms with van der Waals surface area (Å²) < 4.78 is 7.03. The zero-order chi connectivity index (χ0) is 22.1. The first-order valence-corrected chi connectivity index (χ1v) is 11.6. The Balaban J connectivity index is 1.86. The van der Waals surface area contributed by atoms with Crippen LogP contribution in [0, 0.1) is 11.8 Å². The van der Waals surface area contributed by atoms with E-state index in [2.05, 4.69) is 29.5 Å². The molecular weight excluding hydrogens is 390 g/mol. The molecule has 31 heavy (non-hydrogen) atoms. The van der Waals surface area contributed by atoms with Crippen molar-refractivity contribution in [2.24, 2.45) is 11.8 Å². The van der Waals surface area contributed by atoms with Gasteiger partial charge in [0.05, 0.1) is 11.4 Å². The van der Waals surface area contributed by atoms with Crippen LogP contribution in [0.1, 0.15) is 55.7 Å². The maximum absolute atomic E-state index is 13.7. The van der Waals surface area contributed by atoms with Gasteiger partial charge in [-0.3, -0.25) is 4.79 Å². The molecule has 0 bridgehead atoms. The highest BCUT2D eigenvalue weighted by molar-refractivity contribution is 5.93. The topological polar surface area (TPSA) is 72.3 Å². The van der Waals surface area contributed by atoms with Gasteiger partial charge in [-0.05, 0) is 69.2 Å². The molecule has 1 amide bonds. The van der Waals surface area contributed by atoms with Gasteiger partial charge in [-0.25, -0.2) is 4.68 Å². The van der Waals surface area contributed by atoms with Crippen LogP contribution in [0.2, 0.25) is 0 Å². The molecule has 0 saturated carbocycles. The second-order valence-corrected chi connectivity index (χ2v) is 8.90. The summed E-state index contributed by atoms with van der Waals surface area (Å²) in [5.74, 6) is 0.892. The Bertz CT molecular complexity index is 800. The standard InChI is InChI=1S/C24H37N5O2/c1-19(2)17-28(18-20-10-9-14-25-16-20)24(30)23-22(13-7-8-15-31-3)29(27-26-23)21-11-5-4-6-12-21/h4-6,11-12,19-20,25H,7-10,13-18H2,1-3H3. The van der Waals surface area contributed by atoms with Crippen LogP contribution in [0.3, 0.4) is 0 Å². The second kappa shape index (κ2) is 12.0. The van der Waals surface area contributed by atoms with Crippen molar-refractivity contribution in [3.8, 4) is 5.69 Å². The highest BCUT2D eigenvalue weighted by Crippen LogP contribution is 2.20. The molecule has 1 aromatic carbocycles. The number of ether oxygens (including phenoxy) is 1. The van der Waals surface area contributed by atoms with Crippen LogP contribution in [-0.2, 0) is 11.2 Å². The van der Waals surface area contributed by atoms with Crippen molar-refractivity contribution in [3.63, 3.8) is 0 Å². The summed E-state index contributed by atoms with van der Waals surface area (Å²) in [4.78, 5) is 15.7. The number of unbranched alkanes of at least 4 members (excludes halogenated alkanes) is 1. The number of piperidine rings is 1. The minimum atomic E-state index is 0.00296. The molecule has 1 unspecified atom stereocenters. The van der Waals surface area contributed by atoms with Crippen molar-refractivity contribution < 1.29 is 9.53 Å². The number of nitrogens with one attached hydrogen (secondary N) is 1. The molecule has 0 radical (unpaired) electrons. The molecule has 7 heteroatoms. The van der Waals surface area contributed by atoms with Gasteiger partial charge < -0.3 is 15.0 Å². The summed E-state index contributed by atoms with van der Waals surface area (Å²) in [6.45, 7) is 8.58.